The van der Waals surface area contributed by atoms with Crippen LogP contribution in [-0.4, -0.2) is 10.5 Å². The largest absolute Gasteiger partial charge is 0.452 e. The zero-order chi connectivity index (χ0) is 21.2. The first kappa shape index (κ1) is 18.8. The molecule has 3 aromatic rings. The number of hydrogen-bond donors (Lipinski definition) is 0. The molecule has 0 saturated carbocycles. The lowest BCUT2D eigenvalue weighted by atomic mass is 10.0. The Balaban J connectivity index is 1.74. The molecule has 8 heteroatoms. The lowest BCUT2D eigenvalue weighted by Gasteiger charge is -2.22. The first-order chi connectivity index (χ1) is 14.3. The van der Waals surface area contributed by atoms with E-state index in [0.717, 1.165) is 11.1 Å². The number of carbonyl (C=O) groups excluding carboxylic acids is 2. The molecule has 3 aromatic carbocycles. The van der Waals surface area contributed by atoms with Crippen LogP contribution in [0, 0.1) is 13.8 Å². The smallest absolute Gasteiger partial charge is 0.252 e. The number of carbonyl (C=O) groups is 2. The van der Waals surface area contributed by atoms with E-state index in [-0.39, 0.29) is 0 Å². The zero-order valence-corrected chi connectivity index (χ0v) is 17.3. The van der Waals surface area contributed by atoms with Gasteiger partial charge in [0.25, 0.3) is 10.5 Å². The van der Waals surface area contributed by atoms with Gasteiger partial charge in [-0.1, -0.05) is 0 Å². The molecule has 0 amide bonds. The standard InChI is InChI=1S/C22H12Cl2N2O4/c1-9-17-20(30-16-8-12(22(24)28)3-5-13(16)25-17)10(2)18-19(9)29-15-7-11(21(23)27)4-6-14(15)26-18/h3-8H,1-2H3. The van der Waals surface area contributed by atoms with Crippen molar-refractivity contribution in [3.05, 3.63) is 69.4 Å². The summed E-state index contributed by atoms with van der Waals surface area (Å²) in [7, 11) is 0. The molecule has 148 valence electrons. The maximum atomic E-state index is 11.5. The Bertz CT molecular complexity index is 1320. The molecule has 5 rings (SSSR count). The van der Waals surface area contributed by atoms with Crippen LogP contribution in [0.5, 0.6) is 23.0 Å². The van der Waals surface area contributed by atoms with Crippen molar-refractivity contribution in [3.63, 3.8) is 0 Å². The van der Waals surface area contributed by atoms with Gasteiger partial charge in [-0.3, -0.25) is 9.59 Å². The Morgan fingerprint density at radius 3 is 1.50 bits per heavy atom. The number of nitrogens with zero attached hydrogens (tertiary/aromatic N) is 2. The van der Waals surface area contributed by atoms with E-state index in [1.165, 1.54) is 0 Å². The molecule has 6 nitrogen and oxygen atoms in total. The number of benzene rings is 3. The highest BCUT2D eigenvalue weighted by atomic mass is 35.5. The lowest BCUT2D eigenvalue weighted by Crippen LogP contribution is -2.25. The predicted molar refractivity (Wildman–Crippen MR) is 111 cm³/mol. The fourth-order valence-corrected chi connectivity index (χ4v) is 3.75. The van der Waals surface area contributed by atoms with E-state index in [1.54, 1.807) is 36.4 Å². The van der Waals surface area contributed by atoms with E-state index in [9.17, 15) is 9.59 Å². The maximum absolute atomic E-state index is 11.5. The summed E-state index contributed by atoms with van der Waals surface area (Å²) in [5.41, 5.74) is 3.29. The van der Waals surface area contributed by atoms with Crippen molar-refractivity contribution in [2.75, 3.05) is 0 Å². The van der Waals surface area contributed by atoms with Crippen molar-refractivity contribution < 1.29 is 19.1 Å². The highest BCUT2D eigenvalue weighted by Crippen LogP contribution is 2.40. The summed E-state index contributed by atoms with van der Waals surface area (Å²) in [5.74, 6) is 1.97. The minimum atomic E-state index is -0.569. The van der Waals surface area contributed by atoms with Gasteiger partial charge in [-0.15, -0.1) is 0 Å². The van der Waals surface area contributed by atoms with Crippen molar-refractivity contribution >= 4 is 45.1 Å². The summed E-state index contributed by atoms with van der Waals surface area (Å²) >= 11 is 11.2. The van der Waals surface area contributed by atoms with Crippen molar-refractivity contribution in [2.24, 2.45) is 9.98 Å². The van der Waals surface area contributed by atoms with Crippen molar-refractivity contribution in [3.8, 4) is 23.0 Å². The third kappa shape index (κ3) is 2.80. The van der Waals surface area contributed by atoms with Crippen LogP contribution in [-0.2, 0) is 0 Å². The quantitative estimate of drug-likeness (QED) is 0.356. The summed E-state index contributed by atoms with van der Waals surface area (Å²) in [6.45, 7) is 3.73. The van der Waals surface area contributed by atoms with Crippen molar-refractivity contribution in [1.29, 1.82) is 0 Å². The van der Waals surface area contributed by atoms with Gasteiger partial charge < -0.3 is 9.47 Å². The number of ether oxygens (including phenoxy) is 2. The molecule has 0 aromatic heterocycles. The first-order valence-corrected chi connectivity index (χ1v) is 9.73. The van der Waals surface area contributed by atoms with Crippen molar-refractivity contribution in [2.45, 2.75) is 13.8 Å². The molecule has 2 aliphatic heterocycles. The summed E-state index contributed by atoms with van der Waals surface area (Å²) in [4.78, 5) is 32.4. The normalized spacial score (nSPS) is 12.7. The summed E-state index contributed by atoms with van der Waals surface area (Å²) in [6, 6.07) is 9.69. The van der Waals surface area contributed by atoms with Gasteiger partial charge in [-0.2, -0.15) is 0 Å². The van der Waals surface area contributed by atoms with Gasteiger partial charge in [0.05, 0.1) is 0 Å². The second-order valence-corrected chi connectivity index (χ2v) is 7.63. The molecule has 0 saturated heterocycles. The van der Waals surface area contributed by atoms with Crippen LogP contribution in [0.15, 0.2) is 46.4 Å². The Morgan fingerprint density at radius 1 is 0.733 bits per heavy atom. The Kier molecular flexibility index (Phi) is 4.17. The first-order valence-electron chi connectivity index (χ1n) is 8.97. The van der Waals surface area contributed by atoms with Gasteiger partial charge >= 0.3 is 0 Å². The highest BCUT2D eigenvalue weighted by Gasteiger charge is 2.25. The third-order valence-electron chi connectivity index (χ3n) is 5.08. The second-order valence-electron chi connectivity index (χ2n) is 6.95. The molecule has 0 unspecified atom stereocenters. The monoisotopic (exact) mass is 438 g/mol. The molecule has 30 heavy (non-hydrogen) atoms. The number of fused-ring (bicyclic) bond motifs is 4. The van der Waals surface area contributed by atoms with Crippen LogP contribution in [0.4, 0.5) is 11.4 Å². The third-order valence-corrected chi connectivity index (χ3v) is 5.52. The maximum Gasteiger partial charge on any atom is 0.252 e. The van der Waals surface area contributed by atoms with E-state index in [4.69, 9.17) is 42.7 Å². The van der Waals surface area contributed by atoms with Gasteiger partial charge in [0.1, 0.15) is 22.1 Å². The van der Waals surface area contributed by atoms with Crippen LogP contribution < -0.4 is 20.2 Å². The van der Waals surface area contributed by atoms with Gasteiger partial charge in [-0.05, 0) is 73.4 Å². The molecule has 2 aliphatic rings. The second kappa shape index (κ2) is 6.65. The summed E-state index contributed by atoms with van der Waals surface area (Å²) < 4.78 is 12.2. The molecular weight excluding hydrogens is 427 g/mol. The lowest BCUT2D eigenvalue weighted by molar-refractivity contribution is 0.107. The van der Waals surface area contributed by atoms with Gasteiger partial charge in [0.2, 0.25) is 0 Å². The Labute approximate surface area is 180 Å². The van der Waals surface area contributed by atoms with Gasteiger partial charge in [0.15, 0.2) is 23.0 Å². The van der Waals surface area contributed by atoms with Crippen LogP contribution in [0.2, 0.25) is 0 Å². The molecule has 0 radical (unpaired) electrons. The van der Waals surface area contributed by atoms with Crippen LogP contribution in [0.1, 0.15) is 31.8 Å². The Morgan fingerprint density at radius 2 is 1.13 bits per heavy atom. The number of rotatable bonds is 2. The predicted octanol–water partition coefficient (Wildman–Crippen LogP) is 5.18. The van der Waals surface area contributed by atoms with E-state index >= 15 is 0 Å². The van der Waals surface area contributed by atoms with Crippen molar-refractivity contribution in [1.82, 2.24) is 0 Å². The Hall–Kier alpha value is -3.22. The minimum absolute atomic E-state index is 0.327. The van der Waals surface area contributed by atoms with Crippen LogP contribution in [0.25, 0.3) is 0 Å². The van der Waals surface area contributed by atoms with E-state index in [1.807, 2.05) is 13.8 Å². The molecular formula is C22H12Cl2N2O4. The topological polar surface area (TPSA) is 77.3 Å². The molecule has 0 atom stereocenters. The molecule has 0 fully saturated rings. The average Bonchev–Trinajstić information content (AvgIpc) is 2.74. The van der Waals surface area contributed by atoms with E-state index < -0.39 is 10.5 Å². The zero-order valence-electron chi connectivity index (χ0n) is 15.7. The average molecular weight is 439 g/mol. The van der Waals surface area contributed by atoms with Gasteiger partial charge in [-0.25, -0.2) is 9.98 Å². The minimum Gasteiger partial charge on any atom is -0.452 e. The molecule has 2 heterocycles. The van der Waals surface area contributed by atoms with Crippen LogP contribution >= 0.6 is 23.2 Å². The fourth-order valence-electron chi connectivity index (χ4n) is 3.51. The molecule has 0 N–H and O–H groups in total. The van der Waals surface area contributed by atoms with E-state index in [0.29, 0.717) is 56.2 Å². The number of hydrogen-bond acceptors (Lipinski definition) is 6. The highest BCUT2D eigenvalue weighted by molar-refractivity contribution is 6.68. The SMILES string of the molecule is Cc1c2c(c(C)c3c1=Nc1ccc(C(=O)Cl)cc1O3)=Nc1ccc(C(=O)Cl)cc1O2. The summed E-state index contributed by atoms with van der Waals surface area (Å²) in [6.07, 6.45) is 0. The number of halogens is 2. The van der Waals surface area contributed by atoms with E-state index in [2.05, 4.69) is 0 Å². The summed E-state index contributed by atoms with van der Waals surface area (Å²) in [5, 5.41) is 0.0968. The van der Waals surface area contributed by atoms with Gasteiger partial charge in [0, 0.05) is 22.3 Å². The molecule has 0 aliphatic carbocycles. The van der Waals surface area contributed by atoms with Crippen LogP contribution in [0.3, 0.4) is 0 Å². The fraction of sp³-hybridized carbons (Fsp3) is 0.0909. The molecule has 0 bridgehead atoms. The molecule has 0 spiro atoms.